The van der Waals surface area contributed by atoms with E-state index in [1.807, 2.05) is 12.1 Å². The standard InChI is InChI=1S/C14H10Cl3N3/c15-11-2-1-10(12(16)7-11)3-4-19-14-6-9(8-18)5-13(17)20-14/h1-2,5-7H,3-4H2,(H,19,20). The van der Waals surface area contributed by atoms with E-state index in [1.54, 1.807) is 18.2 Å². The lowest BCUT2D eigenvalue weighted by Crippen LogP contribution is -2.07. The van der Waals surface area contributed by atoms with Crippen molar-refractivity contribution in [2.75, 3.05) is 11.9 Å². The predicted octanol–water partition coefficient (Wildman–Crippen LogP) is 4.57. The Morgan fingerprint density at radius 3 is 2.65 bits per heavy atom. The van der Waals surface area contributed by atoms with Gasteiger partial charge in [0, 0.05) is 16.6 Å². The molecule has 3 nitrogen and oxygen atoms in total. The van der Waals surface area contributed by atoms with Gasteiger partial charge in [-0.2, -0.15) is 5.26 Å². The Kier molecular flexibility index (Phi) is 5.08. The molecule has 1 N–H and O–H groups in total. The van der Waals surface area contributed by atoms with Crippen LogP contribution in [0.5, 0.6) is 0 Å². The van der Waals surface area contributed by atoms with Crippen molar-refractivity contribution in [3.05, 3.63) is 56.7 Å². The normalized spacial score (nSPS) is 10.1. The summed E-state index contributed by atoms with van der Waals surface area (Å²) in [6.07, 6.45) is 0.714. The van der Waals surface area contributed by atoms with E-state index in [2.05, 4.69) is 10.3 Å². The van der Waals surface area contributed by atoms with Crippen molar-refractivity contribution in [2.45, 2.75) is 6.42 Å². The summed E-state index contributed by atoms with van der Waals surface area (Å²) in [6.45, 7) is 0.625. The molecule has 2 aromatic rings. The topological polar surface area (TPSA) is 48.7 Å². The van der Waals surface area contributed by atoms with Gasteiger partial charge in [0.25, 0.3) is 0 Å². The molecule has 0 saturated carbocycles. The molecule has 0 unspecified atom stereocenters. The average molecular weight is 327 g/mol. The maximum atomic E-state index is 8.86. The molecule has 0 aliphatic heterocycles. The Bertz CT molecular complexity index is 665. The fourth-order valence-electron chi connectivity index (χ4n) is 1.70. The number of rotatable bonds is 4. The highest BCUT2D eigenvalue weighted by Gasteiger charge is 2.03. The fourth-order valence-corrected chi connectivity index (χ4v) is 2.41. The van der Waals surface area contributed by atoms with Gasteiger partial charge in [0.05, 0.1) is 11.6 Å². The number of nitrogens with zero attached hydrogens (tertiary/aromatic N) is 2. The maximum absolute atomic E-state index is 8.86. The second-order valence-electron chi connectivity index (χ2n) is 4.09. The number of hydrogen-bond acceptors (Lipinski definition) is 3. The molecule has 0 spiro atoms. The van der Waals surface area contributed by atoms with Crippen LogP contribution in [0, 0.1) is 11.3 Å². The summed E-state index contributed by atoms with van der Waals surface area (Å²) in [5.74, 6) is 0.569. The van der Waals surface area contributed by atoms with Crippen molar-refractivity contribution in [3.63, 3.8) is 0 Å². The highest BCUT2D eigenvalue weighted by Crippen LogP contribution is 2.21. The molecule has 0 aliphatic rings. The SMILES string of the molecule is N#Cc1cc(Cl)nc(NCCc2ccc(Cl)cc2Cl)c1. The van der Waals surface area contributed by atoms with Crippen molar-refractivity contribution in [3.8, 4) is 6.07 Å². The summed E-state index contributed by atoms with van der Waals surface area (Å²) >= 11 is 17.8. The molecular weight excluding hydrogens is 317 g/mol. The third-order valence-electron chi connectivity index (χ3n) is 2.64. The Morgan fingerprint density at radius 1 is 1.15 bits per heavy atom. The summed E-state index contributed by atoms with van der Waals surface area (Å²) in [4.78, 5) is 4.10. The number of pyridine rings is 1. The second kappa shape index (κ2) is 6.81. The first-order chi connectivity index (χ1) is 9.58. The van der Waals surface area contributed by atoms with E-state index in [4.69, 9.17) is 40.1 Å². The zero-order valence-electron chi connectivity index (χ0n) is 10.3. The Morgan fingerprint density at radius 2 is 1.95 bits per heavy atom. The second-order valence-corrected chi connectivity index (χ2v) is 5.32. The first-order valence-electron chi connectivity index (χ1n) is 5.84. The van der Waals surface area contributed by atoms with Gasteiger partial charge in [0.1, 0.15) is 11.0 Å². The largest absolute Gasteiger partial charge is 0.370 e. The highest BCUT2D eigenvalue weighted by atomic mass is 35.5. The van der Waals surface area contributed by atoms with Gasteiger partial charge in [-0.05, 0) is 36.2 Å². The van der Waals surface area contributed by atoms with Gasteiger partial charge >= 0.3 is 0 Å². The van der Waals surface area contributed by atoms with Crippen molar-refractivity contribution < 1.29 is 0 Å². The zero-order chi connectivity index (χ0) is 14.5. The minimum Gasteiger partial charge on any atom is -0.370 e. The fraction of sp³-hybridized carbons (Fsp3) is 0.143. The van der Waals surface area contributed by atoms with Gasteiger partial charge in [0.2, 0.25) is 0 Å². The third kappa shape index (κ3) is 4.01. The number of benzene rings is 1. The molecule has 1 heterocycles. The van der Waals surface area contributed by atoms with Crippen LogP contribution in [0.1, 0.15) is 11.1 Å². The lowest BCUT2D eigenvalue weighted by atomic mass is 10.1. The molecule has 2 rings (SSSR count). The zero-order valence-corrected chi connectivity index (χ0v) is 12.6. The Hall–Kier alpha value is -1.47. The van der Waals surface area contributed by atoms with Crippen LogP contribution in [-0.2, 0) is 6.42 Å². The smallest absolute Gasteiger partial charge is 0.132 e. The molecule has 0 aliphatic carbocycles. The van der Waals surface area contributed by atoms with E-state index in [1.165, 1.54) is 6.07 Å². The minimum atomic E-state index is 0.288. The number of aromatic nitrogens is 1. The number of nitriles is 1. The number of halogens is 3. The number of hydrogen-bond donors (Lipinski definition) is 1. The molecule has 20 heavy (non-hydrogen) atoms. The molecule has 1 aromatic heterocycles. The lowest BCUT2D eigenvalue weighted by Gasteiger charge is -2.08. The first-order valence-corrected chi connectivity index (χ1v) is 6.97. The Balaban J connectivity index is 1.99. The monoisotopic (exact) mass is 325 g/mol. The van der Waals surface area contributed by atoms with Gasteiger partial charge in [0.15, 0.2) is 0 Å². The van der Waals surface area contributed by atoms with Crippen molar-refractivity contribution >= 4 is 40.6 Å². The van der Waals surface area contributed by atoms with Gasteiger partial charge in [-0.15, -0.1) is 0 Å². The maximum Gasteiger partial charge on any atom is 0.132 e. The van der Waals surface area contributed by atoms with Gasteiger partial charge < -0.3 is 5.32 Å². The molecule has 6 heteroatoms. The van der Waals surface area contributed by atoms with Gasteiger partial charge in [-0.3, -0.25) is 0 Å². The van der Waals surface area contributed by atoms with E-state index >= 15 is 0 Å². The van der Waals surface area contributed by atoms with Crippen molar-refractivity contribution in [1.29, 1.82) is 5.26 Å². The molecular formula is C14H10Cl3N3. The van der Waals surface area contributed by atoms with Crippen LogP contribution in [0.4, 0.5) is 5.82 Å². The molecule has 102 valence electrons. The van der Waals surface area contributed by atoms with Crippen LogP contribution in [0.2, 0.25) is 15.2 Å². The van der Waals surface area contributed by atoms with E-state index in [-0.39, 0.29) is 5.15 Å². The van der Waals surface area contributed by atoms with E-state index < -0.39 is 0 Å². The molecule has 0 bridgehead atoms. The molecule has 1 aromatic carbocycles. The van der Waals surface area contributed by atoms with Crippen LogP contribution in [0.3, 0.4) is 0 Å². The summed E-state index contributed by atoms with van der Waals surface area (Å²) in [5.41, 5.74) is 1.46. The van der Waals surface area contributed by atoms with E-state index in [0.717, 1.165) is 5.56 Å². The quantitative estimate of drug-likeness (QED) is 0.837. The third-order valence-corrected chi connectivity index (χ3v) is 3.42. The highest BCUT2D eigenvalue weighted by molar-refractivity contribution is 6.35. The molecule has 0 amide bonds. The summed E-state index contributed by atoms with van der Waals surface area (Å²) < 4.78 is 0. The molecule has 0 atom stereocenters. The summed E-state index contributed by atoms with van der Waals surface area (Å²) in [5, 5.41) is 13.5. The Labute approximate surface area is 132 Å². The molecule has 0 fully saturated rings. The van der Waals surface area contributed by atoms with Crippen LogP contribution in [0.15, 0.2) is 30.3 Å². The molecule has 0 radical (unpaired) electrons. The number of nitrogens with one attached hydrogen (secondary N) is 1. The summed E-state index contributed by atoms with van der Waals surface area (Å²) in [7, 11) is 0. The van der Waals surface area contributed by atoms with Crippen molar-refractivity contribution in [1.82, 2.24) is 4.98 Å². The van der Waals surface area contributed by atoms with Crippen LogP contribution in [-0.4, -0.2) is 11.5 Å². The van der Waals surface area contributed by atoms with Crippen LogP contribution >= 0.6 is 34.8 Å². The lowest BCUT2D eigenvalue weighted by molar-refractivity contribution is 1.01. The summed E-state index contributed by atoms with van der Waals surface area (Å²) in [6, 6.07) is 10.6. The van der Waals surface area contributed by atoms with Gasteiger partial charge in [-0.25, -0.2) is 4.98 Å². The first kappa shape index (κ1) is 14.9. The average Bonchev–Trinajstić information content (AvgIpc) is 2.40. The minimum absolute atomic E-state index is 0.288. The number of anilines is 1. The molecule has 0 saturated heterocycles. The van der Waals surface area contributed by atoms with Crippen LogP contribution < -0.4 is 5.32 Å². The van der Waals surface area contributed by atoms with Gasteiger partial charge in [-0.1, -0.05) is 40.9 Å². The van der Waals surface area contributed by atoms with Crippen LogP contribution in [0.25, 0.3) is 0 Å². The van der Waals surface area contributed by atoms with E-state index in [0.29, 0.717) is 34.4 Å². The van der Waals surface area contributed by atoms with E-state index in [9.17, 15) is 0 Å². The predicted molar refractivity (Wildman–Crippen MR) is 82.6 cm³/mol. The van der Waals surface area contributed by atoms with Crippen molar-refractivity contribution in [2.24, 2.45) is 0 Å².